The van der Waals surface area contributed by atoms with E-state index in [1.165, 1.54) is 32.7 Å². The topological polar surface area (TPSA) is 57.6 Å². The number of carbonyl (C=O) groups is 2. The van der Waals surface area contributed by atoms with Gasteiger partial charge < -0.3 is 10.0 Å². The van der Waals surface area contributed by atoms with Crippen molar-refractivity contribution in [2.24, 2.45) is 0 Å². The number of carbonyl (C=O) groups excluding carboxylic acids is 1. The standard InChI is InChI=1S/C29H22ClNO.C17H20O2.C2H6/c30-26-15-16-29(25(17-26)20-32)31(18-23-11-5-9-21-7-1-3-13-27(21)23)19-24-12-6-10-22-8-2-4-14-28(22)24;1-3-6-15(7-4-2)16-9-5-8-14(10-12-16)11-13-17(18)19;1-2/h1-17,20H,18-19H2;3-7,9-10,12H,1,8,11,13H2,2H3,(H,18,19);1-2H3/b;7-4-,15-6+;. The van der Waals surface area contributed by atoms with Gasteiger partial charge in [0.1, 0.15) is 0 Å². The van der Waals surface area contributed by atoms with Gasteiger partial charge in [0.05, 0.1) is 0 Å². The summed E-state index contributed by atoms with van der Waals surface area (Å²) >= 11 is 6.20. The number of allylic oxidation sites excluding steroid dienone is 11. The van der Waals surface area contributed by atoms with Crippen LogP contribution >= 0.6 is 11.6 Å². The molecule has 5 aromatic rings. The van der Waals surface area contributed by atoms with Crippen LogP contribution in [-0.4, -0.2) is 17.4 Å². The van der Waals surface area contributed by atoms with Gasteiger partial charge in [-0.3, -0.25) is 9.59 Å². The molecule has 0 unspecified atom stereocenters. The lowest BCUT2D eigenvalue weighted by atomic mass is 10.0. The number of benzene rings is 5. The lowest BCUT2D eigenvalue weighted by Crippen LogP contribution is -2.23. The summed E-state index contributed by atoms with van der Waals surface area (Å²) in [5, 5.41) is 14.1. The SMILES string of the molecule is C=C/C=C(\C=C/C)C1=CC=C(CCC(=O)O)CC=C1.CC.O=Cc1cc(Cl)ccc1N(Cc1cccc2ccccc12)Cc1cccc2ccccc12. The predicted octanol–water partition coefficient (Wildman–Crippen LogP) is 13.0. The second-order valence-electron chi connectivity index (χ2n) is 12.3. The first kappa shape index (κ1) is 40.1. The zero-order chi connectivity index (χ0) is 38.0. The maximum Gasteiger partial charge on any atom is 0.303 e. The first-order valence-corrected chi connectivity index (χ1v) is 18.4. The largest absolute Gasteiger partial charge is 0.481 e. The predicted molar refractivity (Wildman–Crippen MR) is 226 cm³/mol. The fraction of sp³-hybridized carbons (Fsp3) is 0.167. The van der Waals surface area contributed by atoms with Gasteiger partial charge in [0.15, 0.2) is 6.29 Å². The van der Waals surface area contributed by atoms with Gasteiger partial charge in [-0.25, -0.2) is 0 Å². The molecular weight excluding hydrogens is 674 g/mol. The third kappa shape index (κ3) is 11.4. The van der Waals surface area contributed by atoms with E-state index in [9.17, 15) is 9.59 Å². The van der Waals surface area contributed by atoms with Crippen molar-refractivity contribution in [2.75, 3.05) is 4.90 Å². The average Bonchev–Trinajstić information content (AvgIpc) is 3.44. The number of aliphatic carboxylic acids is 1. The molecule has 1 N–H and O–H groups in total. The molecule has 0 aliphatic heterocycles. The summed E-state index contributed by atoms with van der Waals surface area (Å²) in [6.45, 7) is 11.0. The highest BCUT2D eigenvalue weighted by Crippen LogP contribution is 2.30. The van der Waals surface area contributed by atoms with E-state index >= 15 is 0 Å². The van der Waals surface area contributed by atoms with Crippen molar-refractivity contribution >= 4 is 51.1 Å². The van der Waals surface area contributed by atoms with Gasteiger partial charge in [0, 0.05) is 35.8 Å². The molecule has 0 saturated carbocycles. The summed E-state index contributed by atoms with van der Waals surface area (Å²) in [5.74, 6) is -0.750. The molecule has 0 aromatic heterocycles. The molecule has 5 heteroatoms. The Bertz CT molecular complexity index is 2090. The maximum absolute atomic E-state index is 11.9. The molecule has 1 aliphatic rings. The van der Waals surface area contributed by atoms with Gasteiger partial charge in [0.2, 0.25) is 0 Å². The zero-order valence-corrected chi connectivity index (χ0v) is 31.6. The molecule has 0 fully saturated rings. The van der Waals surface area contributed by atoms with Crippen molar-refractivity contribution in [2.45, 2.75) is 53.1 Å². The monoisotopic (exact) mass is 721 g/mol. The van der Waals surface area contributed by atoms with E-state index in [0.717, 1.165) is 35.1 Å². The van der Waals surface area contributed by atoms with Crippen LogP contribution in [0.25, 0.3) is 21.5 Å². The molecule has 0 amide bonds. The second kappa shape index (κ2) is 21.0. The summed E-state index contributed by atoms with van der Waals surface area (Å²) < 4.78 is 0. The minimum Gasteiger partial charge on any atom is -0.481 e. The van der Waals surface area contributed by atoms with Gasteiger partial charge in [-0.1, -0.05) is 171 Å². The Balaban J connectivity index is 0.000000257. The van der Waals surface area contributed by atoms with E-state index < -0.39 is 5.97 Å². The Morgan fingerprint density at radius 3 is 2.02 bits per heavy atom. The number of hydrogen-bond donors (Lipinski definition) is 1. The number of hydrogen-bond acceptors (Lipinski definition) is 3. The molecule has 0 radical (unpaired) electrons. The highest BCUT2D eigenvalue weighted by atomic mass is 35.5. The average molecular weight is 722 g/mol. The highest BCUT2D eigenvalue weighted by Gasteiger charge is 2.16. The molecule has 0 saturated heterocycles. The Morgan fingerprint density at radius 2 is 1.45 bits per heavy atom. The van der Waals surface area contributed by atoms with Crippen molar-refractivity contribution in [3.8, 4) is 0 Å². The molecule has 0 bridgehead atoms. The van der Waals surface area contributed by atoms with E-state index in [1.807, 2.05) is 63.3 Å². The van der Waals surface area contributed by atoms with Crippen molar-refractivity contribution in [1.29, 1.82) is 0 Å². The van der Waals surface area contributed by atoms with Gasteiger partial charge >= 0.3 is 5.97 Å². The number of carboxylic acid groups (broad SMARTS) is 1. The number of aldehydes is 1. The van der Waals surface area contributed by atoms with Gasteiger partial charge in [-0.05, 0) is 81.8 Å². The molecule has 0 spiro atoms. The molecule has 270 valence electrons. The fourth-order valence-corrected chi connectivity index (χ4v) is 6.45. The quantitative estimate of drug-likeness (QED) is 0.103. The smallest absolute Gasteiger partial charge is 0.303 e. The molecular formula is C48H48ClNO3. The van der Waals surface area contributed by atoms with Crippen LogP contribution in [0.3, 0.4) is 0 Å². The van der Waals surface area contributed by atoms with E-state index in [0.29, 0.717) is 30.1 Å². The third-order valence-electron chi connectivity index (χ3n) is 8.75. The van der Waals surface area contributed by atoms with Crippen LogP contribution in [0.2, 0.25) is 5.02 Å². The van der Waals surface area contributed by atoms with Gasteiger partial charge in [0.25, 0.3) is 0 Å². The van der Waals surface area contributed by atoms with Crippen LogP contribution in [0.15, 0.2) is 175 Å². The number of rotatable bonds is 12. The molecule has 1 aliphatic carbocycles. The van der Waals surface area contributed by atoms with Crippen LogP contribution in [-0.2, 0) is 17.9 Å². The van der Waals surface area contributed by atoms with Crippen LogP contribution in [0.1, 0.15) is 61.5 Å². The normalized spacial score (nSPS) is 12.5. The minimum atomic E-state index is -0.750. The lowest BCUT2D eigenvalue weighted by Gasteiger charge is -2.28. The first-order valence-electron chi connectivity index (χ1n) is 18.1. The zero-order valence-electron chi connectivity index (χ0n) is 30.8. The Kier molecular flexibility index (Phi) is 15.9. The van der Waals surface area contributed by atoms with Crippen LogP contribution in [0.4, 0.5) is 5.69 Å². The third-order valence-corrected chi connectivity index (χ3v) is 8.99. The summed E-state index contributed by atoms with van der Waals surface area (Å²) in [6.07, 6.45) is 18.5. The molecule has 6 rings (SSSR count). The second-order valence-corrected chi connectivity index (χ2v) is 12.7. The lowest BCUT2D eigenvalue weighted by molar-refractivity contribution is -0.136. The minimum absolute atomic E-state index is 0.188. The van der Waals surface area contributed by atoms with E-state index in [2.05, 4.69) is 109 Å². The van der Waals surface area contributed by atoms with Crippen molar-refractivity contribution in [3.05, 3.63) is 197 Å². The number of carboxylic acids is 1. The molecule has 0 atom stereocenters. The van der Waals surface area contributed by atoms with Crippen LogP contribution in [0.5, 0.6) is 0 Å². The summed E-state index contributed by atoms with van der Waals surface area (Å²) in [6, 6.07) is 35.1. The number of anilines is 1. The summed E-state index contributed by atoms with van der Waals surface area (Å²) in [7, 11) is 0. The van der Waals surface area contributed by atoms with Crippen molar-refractivity contribution in [3.63, 3.8) is 0 Å². The molecule has 5 aromatic carbocycles. The highest BCUT2D eigenvalue weighted by molar-refractivity contribution is 6.31. The Labute approximate surface area is 319 Å². The summed E-state index contributed by atoms with van der Waals surface area (Å²) in [5.41, 5.74) is 7.27. The van der Waals surface area contributed by atoms with E-state index in [-0.39, 0.29) is 6.42 Å². The Hall–Kier alpha value is -5.71. The van der Waals surface area contributed by atoms with Crippen molar-refractivity contribution in [1.82, 2.24) is 0 Å². The first-order chi connectivity index (χ1) is 25.9. The molecule has 53 heavy (non-hydrogen) atoms. The van der Waals surface area contributed by atoms with E-state index in [1.54, 1.807) is 12.1 Å². The maximum atomic E-state index is 11.9. The van der Waals surface area contributed by atoms with Crippen molar-refractivity contribution < 1.29 is 14.7 Å². The van der Waals surface area contributed by atoms with Crippen LogP contribution in [0, 0.1) is 0 Å². The number of nitrogens with zero attached hydrogens (tertiary/aromatic N) is 1. The summed E-state index contributed by atoms with van der Waals surface area (Å²) in [4.78, 5) is 24.8. The number of halogens is 1. The fourth-order valence-electron chi connectivity index (χ4n) is 6.27. The molecule has 4 nitrogen and oxygen atoms in total. The Morgan fingerprint density at radius 1 is 0.849 bits per heavy atom. The van der Waals surface area contributed by atoms with E-state index in [4.69, 9.17) is 16.7 Å². The van der Waals surface area contributed by atoms with Crippen LogP contribution < -0.4 is 4.90 Å². The van der Waals surface area contributed by atoms with Gasteiger partial charge in [-0.15, -0.1) is 0 Å². The molecule has 0 heterocycles. The number of fused-ring (bicyclic) bond motifs is 2. The van der Waals surface area contributed by atoms with Gasteiger partial charge in [-0.2, -0.15) is 0 Å².